The van der Waals surface area contributed by atoms with Gasteiger partial charge in [-0.25, -0.2) is 8.78 Å². The van der Waals surface area contributed by atoms with Gasteiger partial charge in [-0.3, -0.25) is 4.79 Å². The Morgan fingerprint density at radius 2 is 1.95 bits per heavy atom. The second kappa shape index (κ2) is 6.10. The van der Waals surface area contributed by atoms with Crippen LogP contribution in [0.2, 0.25) is 0 Å². The highest BCUT2D eigenvalue weighted by molar-refractivity contribution is 5.94. The van der Waals surface area contributed by atoms with Crippen molar-refractivity contribution in [3.05, 3.63) is 35.4 Å². The second-order valence-electron chi connectivity index (χ2n) is 4.89. The predicted molar refractivity (Wildman–Crippen MR) is 66.7 cm³/mol. The minimum absolute atomic E-state index is 0.323. The summed E-state index contributed by atoms with van der Waals surface area (Å²) in [4.78, 5) is 11.9. The highest BCUT2D eigenvalue weighted by atomic mass is 19.2. The Morgan fingerprint density at radius 1 is 1.21 bits per heavy atom. The predicted octanol–water partition coefficient (Wildman–Crippen LogP) is 2.39. The van der Waals surface area contributed by atoms with Crippen LogP contribution in [0.25, 0.3) is 0 Å². The normalized spacial score (nSPS) is 23.7. The van der Waals surface area contributed by atoms with Crippen LogP contribution in [0, 0.1) is 11.6 Å². The van der Waals surface area contributed by atoms with Crippen molar-refractivity contribution in [1.29, 1.82) is 0 Å². The van der Waals surface area contributed by atoms with Crippen LogP contribution in [0.5, 0.6) is 0 Å². The smallest absolute Gasteiger partial charge is 0.254 e. The van der Waals surface area contributed by atoms with E-state index in [2.05, 4.69) is 5.32 Å². The summed E-state index contributed by atoms with van der Waals surface area (Å²) < 4.78 is 26.5. The molecule has 104 valence electrons. The lowest BCUT2D eigenvalue weighted by atomic mass is 10.1. The maximum absolute atomic E-state index is 13.5. The molecule has 19 heavy (non-hydrogen) atoms. The van der Waals surface area contributed by atoms with Crippen LogP contribution in [0.1, 0.15) is 42.5 Å². The molecule has 2 unspecified atom stereocenters. The summed E-state index contributed by atoms with van der Waals surface area (Å²) in [6, 6.07) is 3.10. The number of aliphatic hydroxyl groups excluding tert-OH is 1. The first-order chi connectivity index (χ1) is 9.09. The minimum Gasteiger partial charge on any atom is -0.391 e. The molecular weight excluding hydrogens is 252 g/mol. The van der Waals surface area contributed by atoms with Crippen LogP contribution in [0.4, 0.5) is 8.78 Å². The molecular formula is C14H17F2NO2. The molecule has 0 saturated heterocycles. The largest absolute Gasteiger partial charge is 0.391 e. The summed E-state index contributed by atoms with van der Waals surface area (Å²) in [5.41, 5.74) is -0.323. The van der Waals surface area contributed by atoms with E-state index in [1.165, 1.54) is 12.1 Å². The third kappa shape index (κ3) is 3.29. The summed E-state index contributed by atoms with van der Waals surface area (Å²) >= 11 is 0. The Labute approximate surface area is 110 Å². The fourth-order valence-corrected chi connectivity index (χ4v) is 2.38. The molecule has 1 fully saturated rings. The van der Waals surface area contributed by atoms with E-state index in [0.717, 1.165) is 25.3 Å². The summed E-state index contributed by atoms with van der Waals surface area (Å²) in [6.07, 6.45) is 3.50. The van der Waals surface area contributed by atoms with Crippen molar-refractivity contribution in [3.63, 3.8) is 0 Å². The van der Waals surface area contributed by atoms with Gasteiger partial charge in [0.2, 0.25) is 0 Å². The zero-order valence-electron chi connectivity index (χ0n) is 10.5. The first-order valence-corrected chi connectivity index (χ1v) is 6.52. The van der Waals surface area contributed by atoms with E-state index in [9.17, 15) is 18.7 Å². The average molecular weight is 269 g/mol. The molecule has 3 nitrogen and oxygen atoms in total. The molecule has 1 aromatic rings. The Morgan fingerprint density at radius 3 is 2.74 bits per heavy atom. The molecule has 0 heterocycles. The summed E-state index contributed by atoms with van der Waals surface area (Å²) in [7, 11) is 0. The molecule has 1 aliphatic carbocycles. The van der Waals surface area contributed by atoms with Crippen LogP contribution in [0.15, 0.2) is 18.2 Å². The van der Waals surface area contributed by atoms with E-state index in [4.69, 9.17) is 0 Å². The van der Waals surface area contributed by atoms with Crippen molar-refractivity contribution in [1.82, 2.24) is 5.32 Å². The fraction of sp³-hybridized carbons (Fsp3) is 0.500. The Balaban J connectivity index is 2.09. The minimum atomic E-state index is -1.15. The molecule has 0 bridgehead atoms. The standard InChI is InChI=1S/C14H17F2NO2/c15-10-6-4-5-9(13(10)16)14(19)17-11-7-2-1-3-8-12(11)18/h4-6,11-12,18H,1-3,7-8H2,(H,17,19). The number of carbonyl (C=O) groups is 1. The van der Waals surface area contributed by atoms with Gasteiger partial charge in [0.25, 0.3) is 5.91 Å². The van der Waals surface area contributed by atoms with Gasteiger partial charge in [-0.05, 0) is 25.0 Å². The van der Waals surface area contributed by atoms with E-state index in [1.807, 2.05) is 0 Å². The summed E-state index contributed by atoms with van der Waals surface area (Å²) in [5, 5.41) is 12.5. The maximum atomic E-state index is 13.5. The zero-order valence-corrected chi connectivity index (χ0v) is 10.5. The molecule has 0 aromatic heterocycles. The third-order valence-corrected chi connectivity index (χ3v) is 3.49. The number of benzene rings is 1. The molecule has 2 N–H and O–H groups in total. The van der Waals surface area contributed by atoms with Gasteiger partial charge in [0.15, 0.2) is 11.6 Å². The molecule has 0 aliphatic heterocycles. The SMILES string of the molecule is O=C(NC1CCCCCC1O)c1cccc(F)c1F. The molecule has 1 amide bonds. The topological polar surface area (TPSA) is 49.3 Å². The number of hydrogen-bond acceptors (Lipinski definition) is 2. The lowest BCUT2D eigenvalue weighted by Gasteiger charge is -2.21. The van der Waals surface area contributed by atoms with Crippen molar-refractivity contribution >= 4 is 5.91 Å². The number of aliphatic hydroxyl groups is 1. The lowest BCUT2D eigenvalue weighted by Crippen LogP contribution is -2.43. The van der Waals surface area contributed by atoms with Gasteiger partial charge in [-0.2, -0.15) is 0 Å². The highest BCUT2D eigenvalue weighted by Gasteiger charge is 2.25. The maximum Gasteiger partial charge on any atom is 0.254 e. The van der Waals surface area contributed by atoms with E-state index < -0.39 is 29.7 Å². The van der Waals surface area contributed by atoms with Gasteiger partial charge in [0.1, 0.15) is 0 Å². The molecule has 1 aliphatic rings. The molecule has 2 atom stereocenters. The number of halogens is 2. The third-order valence-electron chi connectivity index (χ3n) is 3.49. The van der Waals surface area contributed by atoms with Gasteiger partial charge < -0.3 is 10.4 Å². The van der Waals surface area contributed by atoms with E-state index in [0.29, 0.717) is 12.8 Å². The first-order valence-electron chi connectivity index (χ1n) is 6.52. The fourth-order valence-electron chi connectivity index (χ4n) is 2.38. The Kier molecular flexibility index (Phi) is 4.47. The second-order valence-corrected chi connectivity index (χ2v) is 4.89. The molecule has 1 aromatic carbocycles. The lowest BCUT2D eigenvalue weighted by molar-refractivity contribution is 0.0814. The van der Waals surface area contributed by atoms with Crippen LogP contribution in [-0.4, -0.2) is 23.2 Å². The molecule has 5 heteroatoms. The van der Waals surface area contributed by atoms with Crippen molar-refractivity contribution in [2.24, 2.45) is 0 Å². The van der Waals surface area contributed by atoms with Crippen molar-refractivity contribution in [2.75, 3.05) is 0 Å². The van der Waals surface area contributed by atoms with Gasteiger partial charge in [0.05, 0.1) is 17.7 Å². The summed E-state index contributed by atoms with van der Waals surface area (Å²) in [6.45, 7) is 0. The molecule has 1 saturated carbocycles. The number of nitrogens with one attached hydrogen (secondary N) is 1. The number of amides is 1. The van der Waals surface area contributed by atoms with Crippen molar-refractivity contribution < 1.29 is 18.7 Å². The zero-order chi connectivity index (χ0) is 13.8. The molecule has 0 spiro atoms. The van der Waals surface area contributed by atoms with E-state index >= 15 is 0 Å². The number of hydrogen-bond donors (Lipinski definition) is 2. The first kappa shape index (κ1) is 13.9. The van der Waals surface area contributed by atoms with Crippen molar-refractivity contribution in [3.8, 4) is 0 Å². The van der Waals surface area contributed by atoms with Crippen molar-refractivity contribution in [2.45, 2.75) is 44.2 Å². The van der Waals surface area contributed by atoms with Crippen LogP contribution >= 0.6 is 0 Å². The monoisotopic (exact) mass is 269 g/mol. The van der Waals surface area contributed by atoms with E-state index in [-0.39, 0.29) is 5.56 Å². The quantitative estimate of drug-likeness (QED) is 0.810. The van der Waals surface area contributed by atoms with Crippen LogP contribution in [0.3, 0.4) is 0 Å². The van der Waals surface area contributed by atoms with Crippen LogP contribution < -0.4 is 5.32 Å². The average Bonchev–Trinajstić information content (AvgIpc) is 2.58. The number of carbonyl (C=O) groups excluding carboxylic acids is 1. The Hall–Kier alpha value is -1.49. The van der Waals surface area contributed by atoms with Gasteiger partial charge in [0, 0.05) is 0 Å². The van der Waals surface area contributed by atoms with Gasteiger partial charge >= 0.3 is 0 Å². The molecule has 0 radical (unpaired) electrons. The van der Waals surface area contributed by atoms with E-state index in [1.54, 1.807) is 0 Å². The highest BCUT2D eigenvalue weighted by Crippen LogP contribution is 2.19. The van der Waals surface area contributed by atoms with Gasteiger partial charge in [-0.1, -0.05) is 25.3 Å². The van der Waals surface area contributed by atoms with Crippen LogP contribution in [-0.2, 0) is 0 Å². The van der Waals surface area contributed by atoms with Gasteiger partial charge in [-0.15, -0.1) is 0 Å². The number of rotatable bonds is 2. The molecule has 2 rings (SSSR count). The summed E-state index contributed by atoms with van der Waals surface area (Å²) in [5.74, 6) is -2.87. The Bertz CT molecular complexity index is 465.